The first-order chi connectivity index (χ1) is 13.7. The van der Waals surface area contributed by atoms with Gasteiger partial charge in [0.1, 0.15) is 6.04 Å². The quantitative estimate of drug-likeness (QED) is 0.634. The van der Waals surface area contributed by atoms with E-state index in [-0.39, 0.29) is 17.7 Å². The maximum atomic E-state index is 12.5. The molecule has 0 saturated carbocycles. The first-order valence-corrected chi connectivity index (χ1v) is 10.5. The van der Waals surface area contributed by atoms with Crippen molar-refractivity contribution in [3.8, 4) is 0 Å². The SMILES string of the molecule is Cc1cccc(C(C)C)c1NC(=O)COC(=O)[C@@H](NC(=O)c1cccs1)C(C)C. The third kappa shape index (κ3) is 6.15. The monoisotopic (exact) mass is 416 g/mol. The highest BCUT2D eigenvalue weighted by Crippen LogP contribution is 2.27. The second-order valence-corrected chi connectivity index (χ2v) is 8.47. The van der Waals surface area contributed by atoms with Gasteiger partial charge < -0.3 is 15.4 Å². The van der Waals surface area contributed by atoms with Gasteiger partial charge >= 0.3 is 5.97 Å². The molecule has 1 atom stereocenters. The summed E-state index contributed by atoms with van der Waals surface area (Å²) in [5.41, 5.74) is 2.71. The zero-order chi connectivity index (χ0) is 21.6. The lowest BCUT2D eigenvalue weighted by Gasteiger charge is -2.21. The molecule has 2 amide bonds. The van der Waals surface area contributed by atoms with Gasteiger partial charge in [-0.15, -0.1) is 11.3 Å². The molecule has 0 aliphatic heterocycles. The lowest BCUT2D eigenvalue weighted by atomic mass is 9.98. The van der Waals surface area contributed by atoms with E-state index in [1.54, 1.807) is 17.5 Å². The Bertz CT molecular complexity index is 860. The summed E-state index contributed by atoms with van der Waals surface area (Å²) in [5, 5.41) is 7.33. The molecule has 0 aliphatic carbocycles. The Morgan fingerprint density at radius 3 is 2.38 bits per heavy atom. The number of benzene rings is 1. The van der Waals surface area contributed by atoms with Crippen molar-refractivity contribution in [3.63, 3.8) is 0 Å². The maximum absolute atomic E-state index is 12.5. The van der Waals surface area contributed by atoms with Crippen molar-refractivity contribution in [2.45, 2.75) is 46.6 Å². The molecule has 156 valence electrons. The van der Waals surface area contributed by atoms with E-state index in [1.807, 2.05) is 52.8 Å². The van der Waals surface area contributed by atoms with Gasteiger partial charge in [0.05, 0.1) is 4.88 Å². The highest BCUT2D eigenvalue weighted by molar-refractivity contribution is 7.12. The molecule has 0 bridgehead atoms. The van der Waals surface area contributed by atoms with Crippen LogP contribution in [0.15, 0.2) is 35.7 Å². The van der Waals surface area contributed by atoms with Gasteiger partial charge in [-0.3, -0.25) is 9.59 Å². The molecule has 1 heterocycles. The predicted octanol–water partition coefficient (Wildman–Crippen LogP) is 4.12. The van der Waals surface area contributed by atoms with E-state index in [2.05, 4.69) is 10.6 Å². The number of rotatable bonds is 8. The molecule has 2 aromatic rings. The van der Waals surface area contributed by atoms with Crippen molar-refractivity contribution in [1.82, 2.24) is 5.32 Å². The van der Waals surface area contributed by atoms with E-state index in [0.29, 0.717) is 4.88 Å². The number of thiophene rings is 1. The molecule has 0 spiro atoms. The van der Waals surface area contributed by atoms with Crippen molar-refractivity contribution < 1.29 is 19.1 Å². The Balaban J connectivity index is 1.98. The molecule has 7 heteroatoms. The van der Waals surface area contributed by atoms with E-state index in [1.165, 1.54) is 11.3 Å². The third-order valence-electron chi connectivity index (χ3n) is 4.49. The van der Waals surface area contributed by atoms with Crippen LogP contribution in [-0.4, -0.2) is 30.4 Å². The fraction of sp³-hybridized carbons (Fsp3) is 0.409. The van der Waals surface area contributed by atoms with Crippen molar-refractivity contribution in [3.05, 3.63) is 51.7 Å². The summed E-state index contributed by atoms with van der Waals surface area (Å²) in [6, 6.07) is 8.46. The lowest BCUT2D eigenvalue weighted by Crippen LogP contribution is -2.45. The summed E-state index contributed by atoms with van der Waals surface area (Å²) >= 11 is 1.29. The largest absolute Gasteiger partial charge is 0.454 e. The van der Waals surface area contributed by atoms with Crippen molar-refractivity contribution >= 4 is 34.8 Å². The molecule has 2 N–H and O–H groups in total. The molecule has 1 aromatic heterocycles. The Hall–Kier alpha value is -2.67. The summed E-state index contributed by atoms with van der Waals surface area (Å²) < 4.78 is 5.20. The number of amides is 2. The van der Waals surface area contributed by atoms with Gasteiger partial charge in [-0.2, -0.15) is 0 Å². The van der Waals surface area contributed by atoms with Gasteiger partial charge in [0, 0.05) is 5.69 Å². The van der Waals surface area contributed by atoms with E-state index >= 15 is 0 Å². The predicted molar refractivity (Wildman–Crippen MR) is 115 cm³/mol. The summed E-state index contributed by atoms with van der Waals surface area (Å²) in [5.74, 6) is -1.32. The van der Waals surface area contributed by atoms with E-state index in [0.717, 1.165) is 16.8 Å². The molecule has 0 unspecified atom stereocenters. The van der Waals surface area contributed by atoms with Crippen LogP contribution >= 0.6 is 11.3 Å². The number of aryl methyl sites for hydroxylation is 1. The summed E-state index contributed by atoms with van der Waals surface area (Å²) in [6.07, 6.45) is 0. The molecule has 6 nitrogen and oxygen atoms in total. The number of nitrogens with one attached hydrogen (secondary N) is 2. The van der Waals surface area contributed by atoms with Crippen molar-refractivity contribution in [2.24, 2.45) is 5.92 Å². The van der Waals surface area contributed by atoms with Crippen molar-refractivity contribution in [2.75, 3.05) is 11.9 Å². The van der Waals surface area contributed by atoms with E-state index < -0.39 is 24.5 Å². The van der Waals surface area contributed by atoms with Crippen LogP contribution in [-0.2, 0) is 14.3 Å². The fourth-order valence-corrected chi connectivity index (χ4v) is 3.49. The lowest BCUT2D eigenvalue weighted by molar-refractivity contribution is -0.150. The zero-order valence-corrected chi connectivity index (χ0v) is 18.3. The van der Waals surface area contributed by atoms with Gasteiger partial charge in [-0.1, -0.05) is 52.0 Å². The Morgan fingerprint density at radius 1 is 1.07 bits per heavy atom. The maximum Gasteiger partial charge on any atom is 0.329 e. The Labute approximate surface area is 175 Å². The summed E-state index contributed by atoms with van der Waals surface area (Å²) in [7, 11) is 0. The minimum absolute atomic E-state index is 0.182. The molecule has 1 aromatic carbocycles. The molecule has 0 radical (unpaired) electrons. The fourth-order valence-electron chi connectivity index (χ4n) is 2.86. The zero-order valence-electron chi connectivity index (χ0n) is 17.4. The normalized spacial score (nSPS) is 12.0. The van der Waals surface area contributed by atoms with Gasteiger partial charge in [0.2, 0.25) is 0 Å². The second-order valence-electron chi connectivity index (χ2n) is 7.52. The molecule has 0 saturated heterocycles. The standard InChI is InChI=1S/C22H28N2O4S/c1-13(2)16-9-6-8-15(5)20(16)23-18(25)12-28-22(27)19(14(3)4)24-21(26)17-10-7-11-29-17/h6-11,13-14,19H,12H2,1-5H3,(H,23,25)(H,24,26)/t19-/m0/s1. The van der Waals surface area contributed by atoms with Crippen LogP contribution in [0, 0.1) is 12.8 Å². The molecule has 0 fully saturated rings. The van der Waals surface area contributed by atoms with Gasteiger partial charge in [-0.25, -0.2) is 4.79 Å². The summed E-state index contributed by atoms with van der Waals surface area (Å²) in [6.45, 7) is 9.22. The Kier molecular flexibility index (Phi) is 7.96. The first kappa shape index (κ1) is 22.6. The van der Waals surface area contributed by atoms with Crippen LogP contribution in [0.2, 0.25) is 0 Å². The number of anilines is 1. The van der Waals surface area contributed by atoms with Crippen LogP contribution in [0.1, 0.15) is 54.4 Å². The van der Waals surface area contributed by atoms with Crippen molar-refractivity contribution in [1.29, 1.82) is 0 Å². The number of ether oxygens (including phenoxy) is 1. The highest BCUT2D eigenvalue weighted by Gasteiger charge is 2.27. The number of esters is 1. The number of hydrogen-bond donors (Lipinski definition) is 2. The number of hydrogen-bond acceptors (Lipinski definition) is 5. The average Bonchev–Trinajstić information content (AvgIpc) is 3.20. The minimum atomic E-state index is -0.831. The average molecular weight is 417 g/mol. The number of para-hydroxylation sites is 1. The minimum Gasteiger partial charge on any atom is -0.454 e. The Morgan fingerprint density at radius 2 is 1.79 bits per heavy atom. The molecular weight excluding hydrogens is 388 g/mol. The van der Waals surface area contributed by atoms with Crippen LogP contribution in [0.5, 0.6) is 0 Å². The van der Waals surface area contributed by atoms with Gasteiger partial charge in [-0.05, 0) is 41.3 Å². The number of carbonyl (C=O) groups excluding carboxylic acids is 3. The van der Waals surface area contributed by atoms with Gasteiger partial charge in [0.25, 0.3) is 11.8 Å². The van der Waals surface area contributed by atoms with Crippen LogP contribution in [0.4, 0.5) is 5.69 Å². The van der Waals surface area contributed by atoms with Crippen LogP contribution in [0.25, 0.3) is 0 Å². The van der Waals surface area contributed by atoms with Gasteiger partial charge in [0.15, 0.2) is 6.61 Å². The topological polar surface area (TPSA) is 84.5 Å². The van der Waals surface area contributed by atoms with Crippen LogP contribution in [0.3, 0.4) is 0 Å². The van der Waals surface area contributed by atoms with E-state index in [4.69, 9.17) is 4.74 Å². The van der Waals surface area contributed by atoms with E-state index in [9.17, 15) is 14.4 Å². The smallest absolute Gasteiger partial charge is 0.329 e. The molecule has 0 aliphatic rings. The second kappa shape index (κ2) is 10.2. The molecule has 29 heavy (non-hydrogen) atoms. The first-order valence-electron chi connectivity index (χ1n) is 9.61. The third-order valence-corrected chi connectivity index (χ3v) is 5.36. The highest BCUT2D eigenvalue weighted by atomic mass is 32.1. The molecular formula is C22H28N2O4S. The molecule has 2 rings (SSSR count). The number of carbonyl (C=O) groups is 3. The summed E-state index contributed by atoms with van der Waals surface area (Å²) in [4.78, 5) is 37.6. The van der Waals surface area contributed by atoms with Crippen LogP contribution < -0.4 is 10.6 Å².